The summed E-state index contributed by atoms with van der Waals surface area (Å²) in [5.74, 6) is -0.961. The number of thioether (sulfide) groups is 1. The van der Waals surface area contributed by atoms with Gasteiger partial charge in [-0.15, -0.1) is 0 Å². The van der Waals surface area contributed by atoms with Gasteiger partial charge in [-0.3, -0.25) is 19.8 Å². The van der Waals surface area contributed by atoms with E-state index in [1.807, 2.05) is 6.07 Å². The third-order valence-electron chi connectivity index (χ3n) is 4.04. The maximum Gasteiger partial charge on any atom is 0.344 e. The van der Waals surface area contributed by atoms with E-state index in [1.165, 1.54) is 18.9 Å². The molecule has 2 rings (SSSR count). The molecule has 0 saturated carbocycles. The summed E-state index contributed by atoms with van der Waals surface area (Å²) in [6, 6.07) is 8.23. The molecule has 0 spiro atoms. The van der Waals surface area contributed by atoms with E-state index in [0.29, 0.717) is 17.7 Å². The van der Waals surface area contributed by atoms with Crippen LogP contribution in [0.3, 0.4) is 0 Å². The van der Waals surface area contributed by atoms with Crippen molar-refractivity contribution in [3.8, 4) is 0 Å². The van der Waals surface area contributed by atoms with E-state index in [4.69, 9.17) is 0 Å². The highest BCUT2D eigenvalue weighted by Crippen LogP contribution is 2.31. The molecule has 9 heteroatoms. The lowest BCUT2D eigenvalue weighted by Gasteiger charge is -2.25. The largest absolute Gasteiger partial charge is 0.469 e. The zero-order valence-corrected chi connectivity index (χ0v) is 15.4. The maximum absolute atomic E-state index is 12.8. The highest BCUT2D eigenvalue weighted by Gasteiger charge is 2.52. The Bertz CT molecular complexity index is 697. The van der Waals surface area contributed by atoms with Crippen molar-refractivity contribution in [1.82, 2.24) is 15.8 Å². The standard InChI is InChI=1S/C17H21N3O5S/c1-3-17(12-7-5-4-6-8-12)15(23)20(16(24)18-17)19-13(21)11-26-10-9-14(22)25-2/h4-8H,3,9-11H2,1-2H3,(H,18,24)(H,19,21)/t17-/m1/s1. The summed E-state index contributed by atoms with van der Waals surface area (Å²) in [6.45, 7) is 1.79. The molecule has 1 aliphatic rings. The van der Waals surface area contributed by atoms with Gasteiger partial charge in [0.1, 0.15) is 5.54 Å². The Morgan fingerprint density at radius 1 is 1.27 bits per heavy atom. The Kier molecular flexibility index (Phi) is 6.62. The van der Waals surface area contributed by atoms with E-state index in [1.54, 1.807) is 31.2 Å². The van der Waals surface area contributed by atoms with Gasteiger partial charge in [-0.05, 0) is 12.0 Å². The normalized spacial score (nSPS) is 19.2. The second-order valence-corrected chi connectivity index (χ2v) is 6.71. The van der Waals surface area contributed by atoms with Crippen molar-refractivity contribution in [3.05, 3.63) is 35.9 Å². The molecule has 0 radical (unpaired) electrons. The van der Waals surface area contributed by atoms with Crippen LogP contribution in [-0.2, 0) is 24.7 Å². The minimum Gasteiger partial charge on any atom is -0.469 e. The average molecular weight is 379 g/mol. The zero-order chi connectivity index (χ0) is 19.2. The predicted molar refractivity (Wildman–Crippen MR) is 95.9 cm³/mol. The van der Waals surface area contributed by atoms with Crippen LogP contribution in [0.15, 0.2) is 30.3 Å². The van der Waals surface area contributed by atoms with Crippen LogP contribution in [0, 0.1) is 0 Å². The van der Waals surface area contributed by atoms with Gasteiger partial charge in [0.15, 0.2) is 0 Å². The Balaban J connectivity index is 1.98. The quantitative estimate of drug-likeness (QED) is 0.399. The molecule has 1 aromatic rings. The molecule has 0 bridgehead atoms. The minimum absolute atomic E-state index is 0.0124. The number of hydrogen-bond acceptors (Lipinski definition) is 6. The number of rotatable bonds is 8. The van der Waals surface area contributed by atoms with Gasteiger partial charge in [0.25, 0.3) is 5.91 Å². The number of benzene rings is 1. The lowest BCUT2D eigenvalue weighted by atomic mass is 9.87. The van der Waals surface area contributed by atoms with Gasteiger partial charge in [0.2, 0.25) is 5.91 Å². The average Bonchev–Trinajstić information content (AvgIpc) is 2.90. The Morgan fingerprint density at radius 3 is 2.58 bits per heavy atom. The Morgan fingerprint density at radius 2 is 1.96 bits per heavy atom. The molecule has 0 aromatic heterocycles. The van der Waals surface area contributed by atoms with E-state index in [9.17, 15) is 19.2 Å². The topological polar surface area (TPSA) is 105 Å². The lowest BCUT2D eigenvalue weighted by molar-refractivity contribution is -0.140. The van der Waals surface area contributed by atoms with Crippen molar-refractivity contribution in [1.29, 1.82) is 0 Å². The number of amides is 4. The number of hydrazine groups is 1. The van der Waals surface area contributed by atoms with Crippen LogP contribution in [0.25, 0.3) is 0 Å². The number of carbonyl (C=O) groups excluding carboxylic acids is 4. The second kappa shape index (κ2) is 8.70. The number of hydrogen-bond donors (Lipinski definition) is 2. The molecule has 1 atom stereocenters. The summed E-state index contributed by atoms with van der Waals surface area (Å²) in [4.78, 5) is 48.1. The molecule has 0 unspecified atom stereocenters. The molecule has 8 nitrogen and oxygen atoms in total. The molecule has 140 valence electrons. The van der Waals surface area contributed by atoms with Crippen LogP contribution < -0.4 is 10.7 Å². The fourth-order valence-electron chi connectivity index (χ4n) is 2.62. The predicted octanol–water partition coefficient (Wildman–Crippen LogP) is 1.17. The van der Waals surface area contributed by atoms with Crippen molar-refractivity contribution in [2.75, 3.05) is 18.6 Å². The molecule has 1 heterocycles. The number of imide groups is 1. The smallest absolute Gasteiger partial charge is 0.344 e. The monoisotopic (exact) mass is 379 g/mol. The summed E-state index contributed by atoms with van der Waals surface area (Å²) in [6.07, 6.45) is 0.534. The molecular weight excluding hydrogens is 358 g/mol. The number of nitrogens with one attached hydrogen (secondary N) is 2. The summed E-state index contributed by atoms with van der Waals surface area (Å²) < 4.78 is 4.51. The fourth-order valence-corrected chi connectivity index (χ4v) is 3.32. The number of urea groups is 1. The van der Waals surface area contributed by atoms with Crippen molar-refractivity contribution in [2.45, 2.75) is 25.3 Å². The zero-order valence-electron chi connectivity index (χ0n) is 14.6. The van der Waals surface area contributed by atoms with Crippen molar-refractivity contribution >= 4 is 35.6 Å². The van der Waals surface area contributed by atoms with E-state index < -0.39 is 23.4 Å². The lowest BCUT2D eigenvalue weighted by Crippen LogP contribution is -2.49. The van der Waals surface area contributed by atoms with Gasteiger partial charge in [-0.1, -0.05) is 37.3 Å². The van der Waals surface area contributed by atoms with Gasteiger partial charge >= 0.3 is 12.0 Å². The molecule has 1 aliphatic heterocycles. The van der Waals surface area contributed by atoms with Crippen molar-refractivity contribution in [3.63, 3.8) is 0 Å². The van der Waals surface area contributed by atoms with Crippen LogP contribution >= 0.6 is 11.8 Å². The van der Waals surface area contributed by atoms with Crippen LogP contribution in [0.2, 0.25) is 0 Å². The minimum atomic E-state index is -1.19. The Hall–Kier alpha value is -2.55. The van der Waals surface area contributed by atoms with Gasteiger partial charge in [-0.2, -0.15) is 16.8 Å². The molecule has 0 aliphatic carbocycles. The van der Waals surface area contributed by atoms with Crippen LogP contribution in [0.5, 0.6) is 0 Å². The molecule has 2 N–H and O–H groups in total. The number of nitrogens with zero attached hydrogens (tertiary/aromatic N) is 1. The fraction of sp³-hybridized carbons (Fsp3) is 0.412. The molecule has 1 saturated heterocycles. The van der Waals surface area contributed by atoms with E-state index in [2.05, 4.69) is 15.5 Å². The number of carbonyl (C=O) groups is 4. The highest BCUT2D eigenvalue weighted by atomic mass is 32.2. The number of methoxy groups -OCH3 is 1. The first-order valence-electron chi connectivity index (χ1n) is 8.11. The molecule has 4 amide bonds. The molecule has 1 fully saturated rings. The van der Waals surface area contributed by atoms with E-state index >= 15 is 0 Å². The SMILES string of the molecule is CC[C@]1(c2ccccc2)NC(=O)N(NC(=O)CSCCC(=O)OC)C1=O. The van der Waals surface area contributed by atoms with E-state index in [0.717, 1.165) is 5.01 Å². The highest BCUT2D eigenvalue weighted by molar-refractivity contribution is 7.99. The third-order valence-corrected chi connectivity index (χ3v) is 5.00. The summed E-state index contributed by atoms with van der Waals surface area (Å²) >= 11 is 1.21. The van der Waals surface area contributed by atoms with Crippen molar-refractivity contribution < 1.29 is 23.9 Å². The van der Waals surface area contributed by atoms with E-state index in [-0.39, 0.29) is 18.1 Å². The Labute approximate surface area is 155 Å². The number of esters is 1. The van der Waals surface area contributed by atoms with Gasteiger partial charge in [0, 0.05) is 5.75 Å². The van der Waals surface area contributed by atoms with Gasteiger partial charge in [0.05, 0.1) is 19.3 Å². The molecule has 1 aromatic carbocycles. The van der Waals surface area contributed by atoms with Crippen molar-refractivity contribution in [2.24, 2.45) is 0 Å². The summed E-state index contributed by atoms with van der Waals surface area (Å²) in [5, 5.41) is 3.41. The van der Waals surface area contributed by atoms with Gasteiger partial charge < -0.3 is 10.1 Å². The first-order chi connectivity index (χ1) is 12.4. The van der Waals surface area contributed by atoms with Crippen LogP contribution in [0.4, 0.5) is 4.79 Å². The number of ether oxygens (including phenoxy) is 1. The second-order valence-electron chi connectivity index (χ2n) is 5.61. The van der Waals surface area contributed by atoms with Crippen LogP contribution in [-0.4, -0.2) is 47.4 Å². The maximum atomic E-state index is 12.8. The first-order valence-corrected chi connectivity index (χ1v) is 9.26. The summed E-state index contributed by atoms with van der Waals surface area (Å²) in [5.41, 5.74) is 1.80. The first kappa shape index (κ1) is 19.8. The molecular formula is C17H21N3O5S. The van der Waals surface area contributed by atoms with Gasteiger partial charge in [-0.25, -0.2) is 4.79 Å². The summed E-state index contributed by atoms with van der Waals surface area (Å²) in [7, 11) is 1.30. The molecule has 26 heavy (non-hydrogen) atoms. The van der Waals surface area contributed by atoms with Crippen LogP contribution in [0.1, 0.15) is 25.3 Å². The third kappa shape index (κ3) is 4.16.